The van der Waals surface area contributed by atoms with E-state index in [1.165, 1.54) is 14.2 Å². The van der Waals surface area contributed by atoms with Gasteiger partial charge < -0.3 is 19.4 Å². The maximum Gasteiger partial charge on any atom is 0.259 e. The molecule has 0 radical (unpaired) electrons. The third-order valence-electron chi connectivity index (χ3n) is 4.37. The molecule has 148 valence electrons. The molecule has 0 fully saturated rings. The zero-order chi connectivity index (χ0) is 20.4. The number of aromatic nitrogens is 2. The summed E-state index contributed by atoms with van der Waals surface area (Å²) in [6.07, 6.45) is 1.61. The summed E-state index contributed by atoms with van der Waals surface area (Å²) in [6.45, 7) is 1.01. The Morgan fingerprint density at radius 2 is 1.71 bits per heavy atom. The summed E-state index contributed by atoms with van der Waals surface area (Å²) >= 11 is 19.1. The Morgan fingerprint density at radius 1 is 1.07 bits per heavy atom. The lowest BCUT2D eigenvalue weighted by atomic mass is 10.0. The number of nitrogens with one attached hydrogen (secondary N) is 1. The SMILES string of the molecule is CNCCn1c(=O)c(-c2c(Cl)c(OC)cc(OC)c2Cl)cc2cnc(Cl)cc21. The van der Waals surface area contributed by atoms with Gasteiger partial charge in [0, 0.05) is 36.3 Å². The number of methoxy groups -OCH3 is 2. The first-order chi connectivity index (χ1) is 13.4. The number of hydrogen-bond donors (Lipinski definition) is 1. The quantitative estimate of drug-likeness (QED) is 0.578. The van der Waals surface area contributed by atoms with Crippen LogP contribution < -0.4 is 20.3 Å². The highest BCUT2D eigenvalue weighted by atomic mass is 35.5. The van der Waals surface area contributed by atoms with Crippen molar-refractivity contribution in [2.45, 2.75) is 6.54 Å². The zero-order valence-electron chi connectivity index (χ0n) is 15.5. The van der Waals surface area contributed by atoms with Crippen LogP contribution >= 0.6 is 34.8 Å². The van der Waals surface area contributed by atoms with Gasteiger partial charge >= 0.3 is 0 Å². The summed E-state index contributed by atoms with van der Waals surface area (Å²) < 4.78 is 12.3. The van der Waals surface area contributed by atoms with E-state index in [0.717, 1.165) is 5.39 Å². The number of pyridine rings is 2. The predicted molar refractivity (Wildman–Crippen MR) is 113 cm³/mol. The minimum atomic E-state index is -0.260. The summed E-state index contributed by atoms with van der Waals surface area (Å²) in [6, 6.07) is 4.94. The molecule has 2 aromatic heterocycles. The Balaban J connectivity index is 2.41. The Bertz CT molecular complexity index is 1070. The van der Waals surface area contributed by atoms with Gasteiger partial charge in [-0.25, -0.2) is 4.98 Å². The van der Waals surface area contributed by atoms with Crippen LogP contribution in [0.4, 0.5) is 0 Å². The number of rotatable bonds is 6. The van der Waals surface area contributed by atoms with Crippen molar-refractivity contribution in [3.05, 3.63) is 49.9 Å². The number of ether oxygens (including phenoxy) is 2. The molecule has 1 aromatic carbocycles. The van der Waals surface area contributed by atoms with Crippen molar-refractivity contribution in [1.29, 1.82) is 0 Å². The second-order valence-electron chi connectivity index (χ2n) is 5.97. The van der Waals surface area contributed by atoms with Gasteiger partial charge in [0.15, 0.2) is 0 Å². The highest BCUT2D eigenvalue weighted by molar-refractivity contribution is 6.41. The van der Waals surface area contributed by atoms with Crippen LogP contribution in [0.15, 0.2) is 29.2 Å². The lowest BCUT2D eigenvalue weighted by Gasteiger charge is -2.17. The number of nitrogens with zero attached hydrogens (tertiary/aromatic N) is 2. The van der Waals surface area contributed by atoms with Gasteiger partial charge in [0.2, 0.25) is 0 Å². The third-order valence-corrected chi connectivity index (χ3v) is 5.33. The summed E-state index contributed by atoms with van der Waals surface area (Å²) in [5.41, 5.74) is 1.08. The fourth-order valence-corrected chi connectivity index (χ4v) is 3.85. The maximum atomic E-state index is 13.4. The number of halogens is 3. The van der Waals surface area contributed by atoms with Crippen LogP contribution in [0, 0.1) is 0 Å². The first-order valence-electron chi connectivity index (χ1n) is 8.37. The van der Waals surface area contributed by atoms with Crippen molar-refractivity contribution in [3.63, 3.8) is 0 Å². The highest BCUT2D eigenvalue weighted by Crippen LogP contribution is 2.45. The number of hydrogen-bond acceptors (Lipinski definition) is 5. The average molecular weight is 443 g/mol. The van der Waals surface area contributed by atoms with Gasteiger partial charge in [-0.05, 0) is 19.2 Å². The van der Waals surface area contributed by atoms with E-state index in [4.69, 9.17) is 44.3 Å². The Labute approximate surface area is 176 Å². The van der Waals surface area contributed by atoms with Gasteiger partial charge in [0.25, 0.3) is 5.56 Å². The van der Waals surface area contributed by atoms with E-state index < -0.39 is 0 Å². The molecule has 0 amide bonds. The van der Waals surface area contributed by atoms with Crippen LogP contribution in [0.25, 0.3) is 22.0 Å². The van der Waals surface area contributed by atoms with Crippen LogP contribution in [-0.4, -0.2) is 37.4 Å². The molecule has 9 heteroatoms. The molecule has 0 aliphatic heterocycles. The standard InChI is InChI=1S/C19H18Cl3N3O3/c1-23-4-5-25-12-7-15(20)24-9-10(12)6-11(19(25)26)16-17(21)13(27-2)8-14(28-3)18(16)22/h6-9,23H,4-5H2,1-3H3. The van der Waals surface area contributed by atoms with Crippen molar-refractivity contribution in [1.82, 2.24) is 14.9 Å². The minimum Gasteiger partial charge on any atom is -0.495 e. The van der Waals surface area contributed by atoms with E-state index in [1.54, 1.807) is 29.0 Å². The van der Waals surface area contributed by atoms with Gasteiger partial charge in [0.1, 0.15) is 16.7 Å². The van der Waals surface area contributed by atoms with Crippen molar-refractivity contribution in [3.8, 4) is 22.6 Å². The van der Waals surface area contributed by atoms with Gasteiger partial charge in [0.05, 0.1) is 35.3 Å². The first kappa shape index (κ1) is 20.7. The molecule has 28 heavy (non-hydrogen) atoms. The highest BCUT2D eigenvalue weighted by Gasteiger charge is 2.22. The van der Waals surface area contributed by atoms with Gasteiger partial charge in [-0.3, -0.25) is 4.79 Å². The van der Waals surface area contributed by atoms with Gasteiger partial charge in [-0.2, -0.15) is 0 Å². The van der Waals surface area contributed by atoms with Crippen LogP contribution in [0.3, 0.4) is 0 Å². The van der Waals surface area contributed by atoms with Crippen LogP contribution in [0.2, 0.25) is 15.2 Å². The predicted octanol–water partition coefficient (Wildman–Crippen LogP) is 4.26. The molecule has 0 spiro atoms. The van der Waals surface area contributed by atoms with Crippen molar-refractivity contribution < 1.29 is 9.47 Å². The lowest BCUT2D eigenvalue weighted by molar-refractivity contribution is 0.395. The molecule has 2 heterocycles. The van der Waals surface area contributed by atoms with E-state index in [0.29, 0.717) is 46.4 Å². The van der Waals surface area contributed by atoms with Crippen molar-refractivity contribution in [2.75, 3.05) is 27.8 Å². The average Bonchev–Trinajstić information content (AvgIpc) is 2.68. The molecule has 0 bridgehead atoms. The maximum absolute atomic E-state index is 13.4. The molecule has 3 aromatic rings. The molecule has 0 aliphatic carbocycles. The molecule has 0 saturated heterocycles. The van der Waals surface area contributed by atoms with Crippen molar-refractivity contribution >= 4 is 45.7 Å². The molecule has 0 saturated carbocycles. The molecular weight excluding hydrogens is 425 g/mol. The fourth-order valence-electron chi connectivity index (χ4n) is 2.99. The molecule has 0 aliphatic rings. The number of benzene rings is 1. The normalized spacial score (nSPS) is 11.1. The summed E-state index contributed by atoms with van der Waals surface area (Å²) in [5.74, 6) is 0.710. The summed E-state index contributed by atoms with van der Waals surface area (Å²) in [7, 11) is 4.78. The lowest BCUT2D eigenvalue weighted by Crippen LogP contribution is -2.27. The van der Waals surface area contributed by atoms with E-state index in [1.807, 2.05) is 7.05 Å². The fraction of sp³-hybridized carbons (Fsp3) is 0.263. The van der Waals surface area contributed by atoms with E-state index in [9.17, 15) is 4.79 Å². The van der Waals surface area contributed by atoms with E-state index >= 15 is 0 Å². The molecule has 3 rings (SSSR count). The molecule has 1 N–H and O–H groups in total. The van der Waals surface area contributed by atoms with E-state index in [-0.39, 0.29) is 15.6 Å². The monoisotopic (exact) mass is 441 g/mol. The number of fused-ring (bicyclic) bond motifs is 1. The Kier molecular flexibility index (Phi) is 6.35. The second kappa shape index (κ2) is 8.57. The smallest absolute Gasteiger partial charge is 0.259 e. The largest absolute Gasteiger partial charge is 0.495 e. The Morgan fingerprint density at radius 3 is 2.29 bits per heavy atom. The van der Waals surface area contributed by atoms with Crippen molar-refractivity contribution in [2.24, 2.45) is 0 Å². The van der Waals surface area contributed by atoms with Gasteiger partial charge in [-0.15, -0.1) is 0 Å². The van der Waals surface area contributed by atoms with Crippen LogP contribution in [-0.2, 0) is 6.54 Å². The third kappa shape index (κ3) is 3.65. The second-order valence-corrected chi connectivity index (χ2v) is 7.11. The topological polar surface area (TPSA) is 65.4 Å². The zero-order valence-corrected chi connectivity index (χ0v) is 17.7. The minimum absolute atomic E-state index is 0.229. The van der Waals surface area contributed by atoms with Crippen LogP contribution in [0.5, 0.6) is 11.5 Å². The summed E-state index contributed by atoms with van der Waals surface area (Å²) in [5, 5.41) is 4.53. The van der Waals surface area contributed by atoms with Crippen LogP contribution in [0.1, 0.15) is 0 Å². The first-order valence-corrected chi connectivity index (χ1v) is 9.50. The molecular formula is C19H18Cl3N3O3. The molecule has 0 unspecified atom stereocenters. The van der Waals surface area contributed by atoms with E-state index in [2.05, 4.69) is 10.3 Å². The van der Waals surface area contributed by atoms with Gasteiger partial charge in [-0.1, -0.05) is 34.8 Å². The summed E-state index contributed by atoms with van der Waals surface area (Å²) in [4.78, 5) is 17.5. The molecule has 0 atom stereocenters. The number of likely N-dealkylation sites (N-methyl/N-ethyl adjacent to an activating group) is 1. The molecule has 6 nitrogen and oxygen atoms in total. The Hall–Kier alpha value is -1.99.